The lowest BCUT2D eigenvalue weighted by atomic mass is 9.76. The van der Waals surface area contributed by atoms with Gasteiger partial charge in [-0.3, -0.25) is 14.6 Å². The molecule has 0 saturated carbocycles. The predicted octanol–water partition coefficient (Wildman–Crippen LogP) is 3.86. The molecule has 42 heavy (non-hydrogen) atoms. The number of piperidine rings is 1. The highest BCUT2D eigenvalue weighted by Crippen LogP contribution is 2.43. The Bertz CT molecular complexity index is 1520. The number of hydrogen-bond donors (Lipinski definition) is 0. The summed E-state index contributed by atoms with van der Waals surface area (Å²) in [5.74, 6) is 0.838. The zero-order valence-corrected chi connectivity index (χ0v) is 24.9. The quantitative estimate of drug-likeness (QED) is 0.418. The fourth-order valence-corrected chi connectivity index (χ4v) is 7.67. The van der Waals surface area contributed by atoms with Gasteiger partial charge in [-0.25, -0.2) is 8.42 Å². The van der Waals surface area contributed by atoms with Crippen LogP contribution in [0.25, 0.3) is 0 Å². The molecular formula is C33H38N4O4S. The molecule has 1 aromatic heterocycles. The second-order valence-corrected chi connectivity index (χ2v) is 14.2. The van der Waals surface area contributed by atoms with Crippen molar-refractivity contribution in [2.24, 2.45) is 11.3 Å². The maximum atomic E-state index is 13.6. The van der Waals surface area contributed by atoms with E-state index in [-0.39, 0.29) is 23.1 Å². The molecule has 0 N–H and O–H groups in total. The van der Waals surface area contributed by atoms with Crippen LogP contribution in [0.5, 0.6) is 0 Å². The summed E-state index contributed by atoms with van der Waals surface area (Å²) in [5, 5.41) is 0. The van der Waals surface area contributed by atoms with E-state index in [4.69, 9.17) is 0 Å². The third-order valence-electron chi connectivity index (χ3n) is 9.50. The summed E-state index contributed by atoms with van der Waals surface area (Å²) in [5.41, 5.74) is 2.54. The Kier molecular flexibility index (Phi) is 7.89. The van der Waals surface area contributed by atoms with Crippen molar-refractivity contribution in [3.05, 3.63) is 95.8 Å². The molecule has 0 aliphatic carbocycles. The maximum absolute atomic E-state index is 13.6. The molecule has 2 amide bonds. The van der Waals surface area contributed by atoms with Crippen molar-refractivity contribution in [3.8, 4) is 0 Å². The second-order valence-electron chi connectivity index (χ2n) is 12.2. The van der Waals surface area contributed by atoms with Crippen LogP contribution >= 0.6 is 0 Å². The first-order valence-corrected chi connectivity index (χ1v) is 16.7. The van der Waals surface area contributed by atoms with E-state index in [9.17, 15) is 18.0 Å². The van der Waals surface area contributed by atoms with Crippen LogP contribution in [0.15, 0.2) is 84.0 Å². The molecule has 0 radical (unpaired) electrons. The van der Waals surface area contributed by atoms with Gasteiger partial charge in [0.1, 0.15) is 0 Å². The van der Waals surface area contributed by atoms with Gasteiger partial charge >= 0.3 is 0 Å². The first-order valence-electron chi connectivity index (χ1n) is 14.8. The minimum absolute atomic E-state index is 0.0340. The van der Waals surface area contributed by atoms with Gasteiger partial charge in [0, 0.05) is 57.3 Å². The van der Waals surface area contributed by atoms with Gasteiger partial charge in [0.05, 0.1) is 15.9 Å². The van der Waals surface area contributed by atoms with Crippen molar-refractivity contribution < 1.29 is 18.0 Å². The number of hydrogen-bond acceptors (Lipinski definition) is 6. The van der Waals surface area contributed by atoms with Gasteiger partial charge in [0.2, 0.25) is 5.91 Å². The van der Waals surface area contributed by atoms with Gasteiger partial charge < -0.3 is 14.7 Å². The summed E-state index contributed by atoms with van der Waals surface area (Å²) in [6.45, 7) is 5.29. The smallest absolute Gasteiger partial charge is 0.255 e. The zero-order valence-electron chi connectivity index (χ0n) is 24.1. The van der Waals surface area contributed by atoms with Crippen molar-refractivity contribution in [1.29, 1.82) is 0 Å². The SMILES string of the molecule is CS(=O)(=O)c1ccc(CN2CCC3(CCN(CC4CN(C(=O)c5cccnc5)CC4c4ccccc4)CC3)C2=O)cc1. The lowest BCUT2D eigenvalue weighted by Crippen LogP contribution is -2.46. The van der Waals surface area contributed by atoms with Crippen molar-refractivity contribution in [2.75, 3.05) is 45.5 Å². The molecule has 6 rings (SSSR count). The zero-order chi connectivity index (χ0) is 29.3. The van der Waals surface area contributed by atoms with Crippen LogP contribution in [0.2, 0.25) is 0 Å². The van der Waals surface area contributed by atoms with E-state index in [0.29, 0.717) is 36.0 Å². The van der Waals surface area contributed by atoms with Gasteiger partial charge in [-0.15, -0.1) is 0 Å². The highest BCUT2D eigenvalue weighted by molar-refractivity contribution is 7.90. The molecular weight excluding hydrogens is 548 g/mol. The standard InChI is InChI=1S/C33H38N4O4S/c1-42(40,41)29-11-9-25(10-12-29)21-36-19-15-33(32(36)39)13-17-35(18-14-33)22-28-23-37(31(38)27-8-5-16-34-20-27)24-30(28)26-6-3-2-4-7-26/h2-12,16,20,28,30H,13-15,17-19,21-24H2,1H3. The van der Waals surface area contributed by atoms with E-state index < -0.39 is 9.84 Å². The normalized spacial score (nSPS) is 22.6. The van der Waals surface area contributed by atoms with E-state index in [2.05, 4.69) is 34.1 Å². The summed E-state index contributed by atoms with van der Waals surface area (Å²) in [6, 6.07) is 21.0. The number of carbonyl (C=O) groups is 2. The fourth-order valence-electron chi connectivity index (χ4n) is 7.04. The number of nitrogens with zero attached hydrogens (tertiary/aromatic N) is 4. The van der Waals surface area contributed by atoms with Gasteiger partial charge in [-0.2, -0.15) is 0 Å². The van der Waals surface area contributed by atoms with Crippen LogP contribution in [0.3, 0.4) is 0 Å². The number of likely N-dealkylation sites (tertiary alicyclic amines) is 3. The number of benzene rings is 2. The summed E-state index contributed by atoms with van der Waals surface area (Å²) >= 11 is 0. The van der Waals surface area contributed by atoms with Gasteiger partial charge in [-0.05, 0) is 73.7 Å². The van der Waals surface area contributed by atoms with Crippen LogP contribution < -0.4 is 0 Å². The molecule has 0 bridgehead atoms. The Morgan fingerprint density at radius 1 is 0.929 bits per heavy atom. The van der Waals surface area contributed by atoms with E-state index in [1.54, 1.807) is 30.6 Å². The third-order valence-corrected chi connectivity index (χ3v) is 10.6. The number of aromatic nitrogens is 1. The average molecular weight is 587 g/mol. The average Bonchev–Trinajstić information content (AvgIpc) is 3.56. The monoisotopic (exact) mass is 586 g/mol. The molecule has 220 valence electrons. The lowest BCUT2D eigenvalue weighted by molar-refractivity contribution is -0.139. The Morgan fingerprint density at radius 2 is 1.64 bits per heavy atom. The summed E-state index contributed by atoms with van der Waals surface area (Å²) in [6.07, 6.45) is 7.09. The molecule has 2 atom stereocenters. The molecule has 3 aliphatic rings. The summed E-state index contributed by atoms with van der Waals surface area (Å²) < 4.78 is 23.6. The van der Waals surface area contributed by atoms with Crippen molar-refractivity contribution in [1.82, 2.24) is 19.7 Å². The first kappa shape index (κ1) is 28.6. The van der Waals surface area contributed by atoms with Crippen LogP contribution in [-0.2, 0) is 21.2 Å². The summed E-state index contributed by atoms with van der Waals surface area (Å²) in [4.78, 5) is 37.8. The van der Waals surface area contributed by atoms with E-state index in [1.807, 2.05) is 34.1 Å². The van der Waals surface area contributed by atoms with E-state index >= 15 is 0 Å². The molecule has 2 aromatic carbocycles. The topological polar surface area (TPSA) is 90.9 Å². The Balaban J connectivity index is 1.08. The van der Waals surface area contributed by atoms with Gasteiger partial charge in [-0.1, -0.05) is 42.5 Å². The molecule has 1 spiro atoms. The molecule has 9 heteroatoms. The number of carbonyl (C=O) groups excluding carboxylic acids is 2. The molecule has 3 saturated heterocycles. The van der Waals surface area contributed by atoms with E-state index in [0.717, 1.165) is 51.0 Å². The van der Waals surface area contributed by atoms with Crippen LogP contribution in [-0.4, -0.2) is 85.4 Å². The number of sulfone groups is 1. The van der Waals surface area contributed by atoms with E-state index in [1.165, 1.54) is 11.8 Å². The molecule has 3 aliphatic heterocycles. The van der Waals surface area contributed by atoms with Crippen molar-refractivity contribution >= 4 is 21.7 Å². The van der Waals surface area contributed by atoms with Crippen molar-refractivity contribution in [2.45, 2.75) is 36.6 Å². The van der Waals surface area contributed by atoms with Gasteiger partial charge in [0.25, 0.3) is 5.91 Å². The van der Waals surface area contributed by atoms with Gasteiger partial charge in [0.15, 0.2) is 9.84 Å². The highest BCUT2D eigenvalue weighted by atomic mass is 32.2. The number of pyridine rings is 1. The molecule has 2 unspecified atom stereocenters. The van der Waals surface area contributed by atoms with Crippen LogP contribution in [0.4, 0.5) is 0 Å². The number of amides is 2. The van der Waals surface area contributed by atoms with Crippen LogP contribution in [0, 0.1) is 11.3 Å². The number of rotatable bonds is 7. The molecule has 8 nitrogen and oxygen atoms in total. The minimum atomic E-state index is -3.24. The Labute approximate surface area is 248 Å². The predicted molar refractivity (Wildman–Crippen MR) is 161 cm³/mol. The minimum Gasteiger partial charge on any atom is -0.338 e. The Morgan fingerprint density at radius 3 is 2.31 bits per heavy atom. The molecule has 3 fully saturated rings. The van der Waals surface area contributed by atoms with Crippen molar-refractivity contribution in [3.63, 3.8) is 0 Å². The largest absolute Gasteiger partial charge is 0.338 e. The lowest BCUT2D eigenvalue weighted by Gasteiger charge is -2.39. The fraction of sp³-hybridized carbons (Fsp3) is 0.424. The van der Waals surface area contributed by atoms with Crippen LogP contribution in [0.1, 0.15) is 46.7 Å². The highest BCUT2D eigenvalue weighted by Gasteiger charge is 2.48. The maximum Gasteiger partial charge on any atom is 0.255 e. The molecule has 3 aromatic rings. The third kappa shape index (κ3) is 5.85. The first-order chi connectivity index (χ1) is 20.2. The second kappa shape index (κ2) is 11.6. The Hall–Kier alpha value is -3.56. The summed E-state index contributed by atoms with van der Waals surface area (Å²) in [7, 11) is -3.24. The molecule has 4 heterocycles.